The van der Waals surface area contributed by atoms with Crippen LogP contribution in [0.2, 0.25) is 0 Å². The average molecular weight is 346 g/mol. The Hall–Kier alpha value is -1.86. The molecule has 1 aliphatic heterocycles. The van der Waals surface area contributed by atoms with Crippen LogP contribution in [0.25, 0.3) is 0 Å². The van der Waals surface area contributed by atoms with E-state index in [9.17, 15) is 4.39 Å². The number of benzene rings is 1. The summed E-state index contributed by atoms with van der Waals surface area (Å²) in [5.74, 6) is 1.16. The highest BCUT2D eigenvalue weighted by atomic mass is 19.1. The summed E-state index contributed by atoms with van der Waals surface area (Å²) in [6.45, 7) is 9.58. The zero-order chi connectivity index (χ0) is 17.6. The van der Waals surface area contributed by atoms with Gasteiger partial charge in [-0.25, -0.2) is 4.39 Å². The molecule has 1 fully saturated rings. The normalized spacial score (nSPS) is 20.1. The molecular weight excluding hydrogens is 319 g/mol. The van der Waals surface area contributed by atoms with Gasteiger partial charge in [0.2, 0.25) is 0 Å². The Bertz CT molecular complexity index is 628. The van der Waals surface area contributed by atoms with Gasteiger partial charge >= 0.3 is 0 Å². The zero-order valence-corrected chi connectivity index (χ0v) is 15.0. The predicted octanol–water partition coefficient (Wildman–Crippen LogP) is 2.11. The highest BCUT2D eigenvalue weighted by Gasteiger charge is 2.27. The van der Waals surface area contributed by atoms with Crippen molar-refractivity contribution in [2.24, 2.45) is 5.92 Å². The Morgan fingerprint density at radius 1 is 1.24 bits per heavy atom. The molecule has 1 aliphatic rings. The van der Waals surface area contributed by atoms with E-state index in [1.807, 2.05) is 12.1 Å². The number of nitrogens with zero attached hydrogens (tertiary/aromatic N) is 5. The van der Waals surface area contributed by atoms with Crippen molar-refractivity contribution in [1.29, 1.82) is 0 Å². The lowest BCUT2D eigenvalue weighted by molar-refractivity contribution is 0.132. The van der Waals surface area contributed by atoms with Crippen LogP contribution in [0, 0.1) is 11.7 Å². The number of tetrazole rings is 1. The van der Waals surface area contributed by atoms with Gasteiger partial charge in [0, 0.05) is 38.6 Å². The highest BCUT2D eigenvalue weighted by Crippen LogP contribution is 2.20. The van der Waals surface area contributed by atoms with Gasteiger partial charge in [-0.3, -0.25) is 4.90 Å². The summed E-state index contributed by atoms with van der Waals surface area (Å²) in [7, 11) is 0. The number of nitrogens with one attached hydrogen (secondary N) is 1. The quantitative estimate of drug-likeness (QED) is 0.868. The standard InChI is InChI=1S/C18H27FN6/c1-14(2)17-13-24(11-8-18-20-22-23-21-18)9-3-10-25(17)12-15-4-6-16(19)7-5-15/h4-7,14,17H,3,8-13H2,1-2H3,(H,20,21,22,23). The molecule has 1 atom stereocenters. The van der Waals surface area contributed by atoms with Gasteiger partial charge in [0.1, 0.15) is 5.82 Å². The van der Waals surface area contributed by atoms with E-state index in [0.29, 0.717) is 12.0 Å². The van der Waals surface area contributed by atoms with Crippen molar-refractivity contribution in [3.05, 3.63) is 41.5 Å². The number of halogens is 1. The molecule has 0 saturated carbocycles. The lowest BCUT2D eigenvalue weighted by Gasteiger charge is -2.34. The fourth-order valence-corrected chi connectivity index (χ4v) is 3.54. The van der Waals surface area contributed by atoms with E-state index < -0.39 is 0 Å². The molecule has 0 aliphatic carbocycles. The van der Waals surface area contributed by atoms with Crippen molar-refractivity contribution < 1.29 is 4.39 Å². The summed E-state index contributed by atoms with van der Waals surface area (Å²) in [5, 5.41) is 14.2. The van der Waals surface area contributed by atoms with Crippen molar-refractivity contribution in [2.45, 2.75) is 39.3 Å². The number of hydrogen-bond acceptors (Lipinski definition) is 5. The zero-order valence-electron chi connectivity index (χ0n) is 15.0. The van der Waals surface area contributed by atoms with Crippen LogP contribution in [0.4, 0.5) is 4.39 Å². The second kappa shape index (κ2) is 8.49. The first-order valence-corrected chi connectivity index (χ1v) is 9.05. The summed E-state index contributed by atoms with van der Waals surface area (Å²) in [5.41, 5.74) is 1.17. The molecular formula is C18H27FN6. The van der Waals surface area contributed by atoms with Gasteiger partial charge in [0.15, 0.2) is 5.82 Å². The second-order valence-electron chi connectivity index (χ2n) is 7.14. The first kappa shape index (κ1) is 17.9. The third-order valence-corrected chi connectivity index (χ3v) is 4.94. The Balaban J connectivity index is 1.62. The van der Waals surface area contributed by atoms with E-state index in [2.05, 4.69) is 44.3 Å². The molecule has 1 aromatic heterocycles. The maximum Gasteiger partial charge on any atom is 0.175 e. The van der Waals surface area contributed by atoms with E-state index in [-0.39, 0.29) is 5.82 Å². The molecule has 1 aromatic carbocycles. The first-order valence-electron chi connectivity index (χ1n) is 9.05. The maximum absolute atomic E-state index is 13.2. The topological polar surface area (TPSA) is 60.9 Å². The molecule has 6 nitrogen and oxygen atoms in total. The van der Waals surface area contributed by atoms with Gasteiger partial charge in [-0.05, 0) is 36.6 Å². The number of aromatic amines is 1. The van der Waals surface area contributed by atoms with Gasteiger partial charge in [-0.15, -0.1) is 10.2 Å². The van der Waals surface area contributed by atoms with E-state index in [4.69, 9.17) is 0 Å². The van der Waals surface area contributed by atoms with Crippen LogP contribution >= 0.6 is 0 Å². The number of rotatable bonds is 6. The van der Waals surface area contributed by atoms with Crippen molar-refractivity contribution in [1.82, 2.24) is 30.4 Å². The van der Waals surface area contributed by atoms with Crippen molar-refractivity contribution in [2.75, 3.05) is 26.2 Å². The Labute approximate surface area is 148 Å². The van der Waals surface area contributed by atoms with Crippen molar-refractivity contribution in [3.63, 3.8) is 0 Å². The molecule has 0 bridgehead atoms. The fraction of sp³-hybridized carbons (Fsp3) is 0.611. The van der Waals surface area contributed by atoms with Crippen LogP contribution in [0.5, 0.6) is 0 Å². The van der Waals surface area contributed by atoms with Crippen molar-refractivity contribution >= 4 is 0 Å². The van der Waals surface area contributed by atoms with Crippen LogP contribution in [-0.4, -0.2) is 62.6 Å². The number of aromatic nitrogens is 4. The number of hydrogen-bond donors (Lipinski definition) is 1. The second-order valence-corrected chi connectivity index (χ2v) is 7.14. The largest absolute Gasteiger partial charge is 0.301 e. The summed E-state index contributed by atoms with van der Waals surface area (Å²) < 4.78 is 13.2. The Kier molecular flexibility index (Phi) is 6.09. The molecule has 3 rings (SSSR count). The first-order chi connectivity index (χ1) is 12.1. The monoisotopic (exact) mass is 346 g/mol. The van der Waals surface area contributed by atoms with E-state index in [0.717, 1.165) is 51.4 Å². The van der Waals surface area contributed by atoms with Crippen LogP contribution in [0.3, 0.4) is 0 Å². The average Bonchev–Trinajstić information content (AvgIpc) is 3.03. The van der Waals surface area contributed by atoms with E-state index in [1.54, 1.807) is 12.1 Å². The van der Waals surface area contributed by atoms with Crippen LogP contribution in [-0.2, 0) is 13.0 Å². The van der Waals surface area contributed by atoms with E-state index in [1.165, 1.54) is 5.56 Å². The molecule has 25 heavy (non-hydrogen) atoms. The lowest BCUT2D eigenvalue weighted by atomic mass is 10.0. The summed E-state index contributed by atoms with van der Waals surface area (Å²) >= 11 is 0. The smallest absolute Gasteiger partial charge is 0.175 e. The predicted molar refractivity (Wildman–Crippen MR) is 94.4 cm³/mol. The molecule has 1 N–H and O–H groups in total. The third-order valence-electron chi connectivity index (χ3n) is 4.94. The van der Waals surface area contributed by atoms with Gasteiger partial charge in [-0.2, -0.15) is 5.21 Å². The van der Waals surface area contributed by atoms with Gasteiger partial charge in [0.25, 0.3) is 0 Å². The van der Waals surface area contributed by atoms with Gasteiger partial charge in [0.05, 0.1) is 0 Å². The minimum Gasteiger partial charge on any atom is -0.301 e. The van der Waals surface area contributed by atoms with Crippen LogP contribution in [0.1, 0.15) is 31.7 Å². The molecule has 1 saturated heterocycles. The van der Waals surface area contributed by atoms with Gasteiger partial charge in [-0.1, -0.05) is 31.2 Å². The molecule has 0 amide bonds. The summed E-state index contributed by atoms with van der Waals surface area (Å²) in [6, 6.07) is 7.37. The molecule has 1 unspecified atom stereocenters. The molecule has 0 spiro atoms. The summed E-state index contributed by atoms with van der Waals surface area (Å²) in [4.78, 5) is 5.05. The number of H-pyrrole nitrogens is 1. The van der Waals surface area contributed by atoms with E-state index >= 15 is 0 Å². The lowest BCUT2D eigenvalue weighted by Crippen LogP contribution is -2.44. The third kappa shape index (κ3) is 5.06. The Morgan fingerprint density at radius 2 is 2.04 bits per heavy atom. The highest BCUT2D eigenvalue weighted by molar-refractivity contribution is 5.16. The van der Waals surface area contributed by atoms with Gasteiger partial charge < -0.3 is 4.90 Å². The molecule has 0 radical (unpaired) electrons. The molecule has 136 valence electrons. The minimum absolute atomic E-state index is 0.173. The Morgan fingerprint density at radius 3 is 2.72 bits per heavy atom. The molecule has 7 heteroatoms. The summed E-state index contributed by atoms with van der Waals surface area (Å²) in [6.07, 6.45) is 1.95. The fourth-order valence-electron chi connectivity index (χ4n) is 3.54. The molecule has 2 heterocycles. The SMILES string of the molecule is CC(C)C1CN(CCc2nn[nH]n2)CCCN1Cc1ccc(F)cc1. The minimum atomic E-state index is -0.173. The maximum atomic E-state index is 13.2. The molecule has 2 aromatic rings. The van der Waals surface area contributed by atoms with Crippen LogP contribution < -0.4 is 0 Å². The van der Waals surface area contributed by atoms with Crippen molar-refractivity contribution in [3.8, 4) is 0 Å². The van der Waals surface area contributed by atoms with Crippen LogP contribution in [0.15, 0.2) is 24.3 Å².